The Balaban J connectivity index is 2.16. The lowest BCUT2D eigenvalue weighted by atomic mass is 9.99. The zero-order valence-corrected chi connectivity index (χ0v) is 12.7. The zero-order chi connectivity index (χ0) is 15.2. The molecular formula is C19H20O2. The normalized spacial score (nSPS) is 10.8. The molecule has 0 bridgehead atoms. The first-order chi connectivity index (χ1) is 10.1. The molecule has 0 aliphatic heterocycles. The Morgan fingerprint density at radius 2 is 1.71 bits per heavy atom. The molecule has 2 rings (SSSR count). The Hall–Kier alpha value is -2.35. The Bertz CT molecular complexity index is 632. The Labute approximate surface area is 126 Å². The van der Waals surface area contributed by atoms with Crippen molar-refractivity contribution in [3.63, 3.8) is 0 Å². The standard InChI is InChI=1S/C19H20O2/c1-14-12-17(13-15(2)18(14)19(20)21-3)11-7-10-16-8-5-4-6-9-16/h4-9,11-13H,10H2,1-3H3/b11-7+. The molecule has 0 aliphatic rings. The van der Waals surface area contributed by atoms with Crippen molar-refractivity contribution in [2.45, 2.75) is 20.3 Å². The summed E-state index contributed by atoms with van der Waals surface area (Å²) in [6.45, 7) is 3.88. The topological polar surface area (TPSA) is 26.3 Å². The van der Waals surface area contributed by atoms with E-state index < -0.39 is 0 Å². The van der Waals surface area contributed by atoms with Gasteiger partial charge in [0.2, 0.25) is 0 Å². The molecule has 0 aliphatic carbocycles. The predicted molar refractivity (Wildman–Crippen MR) is 86.4 cm³/mol. The number of aryl methyl sites for hydroxylation is 2. The first-order valence-electron chi connectivity index (χ1n) is 7.02. The van der Waals surface area contributed by atoms with Crippen molar-refractivity contribution < 1.29 is 9.53 Å². The molecule has 0 atom stereocenters. The van der Waals surface area contributed by atoms with Crippen molar-refractivity contribution in [3.8, 4) is 0 Å². The second-order valence-electron chi connectivity index (χ2n) is 5.11. The van der Waals surface area contributed by atoms with Crippen molar-refractivity contribution in [1.82, 2.24) is 0 Å². The van der Waals surface area contributed by atoms with Gasteiger partial charge < -0.3 is 4.74 Å². The van der Waals surface area contributed by atoms with Gasteiger partial charge in [0.25, 0.3) is 0 Å². The summed E-state index contributed by atoms with van der Waals surface area (Å²) in [4.78, 5) is 11.7. The van der Waals surface area contributed by atoms with Crippen LogP contribution in [0.4, 0.5) is 0 Å². The van der Waals surface area contributed by atoms with E-state index in [2.05, 4.69) is 24.3 Å². The van der Waals surface area contributed by atoms with Crippen LogP contribution in [-0.4, -0.2) is 13.1 Å². The van der Waals surface area contributed by atoms with Crippen molar-refractivity contribution in [3.05, 3.63) is 76.4 Å². The lowest BCUT2D eigenvalue weighted by Crippen LogP contribution is -2.06. The van der Waals surface area contributed by atoms with Crippen molar-refractivity contribution in [2.24, 2.45) is 0 Å². The van der Waals surface area contributed by atoms with Gasteiger partial charge in [-0.3, -0.25) is 0 Å². The number of carbonyl (C=O) groups is 1. The summed E-state index contributed by atoms with van der Waals surface area (Å²) in [5, 5.41) is 0. The van der Waals surface area contributed by atoms with Crippen LogP contribution in [0.1, 0.15) is 32.6 Å². The van der Waals surface area contributed by atoms with E-state index >= 15 is 0 Å². The minimum atomic E-state index is -0.273. The number of rotatable bonds is 4. The van der Waals surface area contributed by atoms with Crippen LogP contribution in [0.5, 0.6) is 0 Å². The van der Waals surface area contributed by atoms with Crippen LogP contribution in [0, 0.1) is 13.8 Å². The molecule has 0 radical (unpaired) electrons. The van der Waals surface area contributed by atoms with Gasteiger partial charge in [-0.2, -0.15) is 0 Å². The van der Waals surface area contributed by atoms with Crippen LogP contribution in [0.2, 0.25) is 0 Å². The summed E-state index contributed by atoms with van der Waals surface area (Å²) in [7, 11) is 1.41. The molecule has 0 saturated carbocycles. The van der Waals surface area contributed by atoms with Crippen LogP contribution in [-0.2, 0) is 11.2 Å². The van der Waals surface area contributed by atoms with Gasteiger partial charge in [-0.1, -0.05) is 54.6 Å². The second kappa shape index (κ2) is 6.89. The van der Waals surface area contributed by atoms with Gasteiger partial charge in [0.15, 0.2) is 0 Å². The lowest BCUT2D eigenvalue weighted by molar-refractivity contribution is 0.0599. The average molecular weight is 280 g/mol. The van der Waals surface area contributed by atoms with Gasteiger partial charge in [0.05, 0.1) is 12.7 Å². The maximum atomic E-state index is 11.7. The van der Waals surface area contributed by atoms with E-state index in [0.717, 1.165) is 23.1 Å². The fourth-order valence-corrected chi connectivity index (χ4v) is 2.46. The molecule has 0 fully saturated rings. The molecule has 0 aromatic heterocycles. The summed E-state index contributed by atoms with van der Waals surface area (Å²) >= 11 is 0. The first-order valence-corrected chi connectivity index (χ1v) is 7.02. The molecule has 2 aromatic rings. The van der Waals surface area contributed by atoms with Crippen LogP contribution < -0.4 is 0 Å². The average Bonchev–Trinajstić information content (AvgIpc) is 2.47. The number of benzene rings is 2. The van der Waals surface area contributed by atoms with E-state index in [1.165, 1.54) is 12.7 Å². The number of ether oxygens (including phenoxy) is 1. The smallest absolute Gasteiger partial charge is 0.338 e. The maximum Gasteiger partial charge on any atom is 0.338 e. The number of carbonyl (C=O) groups excluding carboxylic acids is 1. The Kier molecular flexibility index (Phi) is 4.94. The number of hydrogen-bond acceptors (Lipinski definition) is 2. The molecule has 2 aromatic carbocycles. The van der Waals surface area contributed by atoms with Gasteiger partial charge in [-0.25, -0.2) is 4.79 Å². The monoisotopic (exact) mass is 280 g/mol. The highest BCUT2D eigenvalue weighted by atomic mass is 16.5. The van der Waals surface area contributed by atoms with Crippen molar-refractivity contribution in [1.29, 1.82) is 0 Å². The summed E-state index contributed by atoms with van der Waals surface area (Å²) in [6, 6.07) is 14.4. The van der Waals surface area contributed by atoms with E-state index in [9.17, 15) is 4.79 Å². The van der Waals surface area contributed by atoms with Gasteiger partial charge in [-0.05, 0) is 42.5 Å². The van der Waals surface area contributed by atoms with Crippen molar-refractivity contribution >= 4 is 12.0 Å². The quantitative estimate of drug-likeness (QED) is 0.778. The molecule has 108 valence electrons. The largest absolute Gasteiger partial charge is 0.465 e. The van der Waals surface area contributed by atoms with E-state index in [4.69, 9.17) is 4.74 Å². The van der Waals surface area contributed by atoms with Gasteiger partial charge in [0, 0.05) is 0 Å². The highest BCUT2D eigenvalue weighted by Gasteiger charge is 2.12. The molecule has 0 amide bonds. The fourth-order valence-electron chi connectivity index (χ4n) is 2.46. The number of hydrogen-bond donors (Lipinski definition) is 0. The third-order valence-corrected chi connectivity index (χ3v) is 3.45. The Morgan fingerprint density at radius 3 is 2.29 bits per heavy atom. The van der Waals surface area contributed by atoms with E-state index in [-0.39, 0.29) is 5.97 Å². The molecule has 0 N–H and O–H groups in total. The van der Waals surface area contributed by atoms with Crippen LogP contribution in [0.15, 0.2) is 48.5 Å². The summed E-state index contributed by atoms with van der Waals surface area (Å²) in [5.74, 6) is -0.273. The van der Waals surface area contributed by atoms with Crippen molar-refractivity contribution in [2.75, 3.05) is 7.11 Å². The molecular weight excluding hydrogens is 260 g/mol. The van der Waals surface area contributed by atoms with Gasteiger partial charge in [-0.15, -0.1) is 0 Å². The Morgan fingerprint density at radius 1 is 1.10 bits per heavy atom. The zero-order valence-electron chi connectivity index (χ0n) is 12.7. The molecule has 0 saturated heterocycles. The van der Waals surface area contributed by atoms with Gasteiger partial charge >= 0.3 is 5.97 Å². The van der Waals surface area contributed by atoms with E-state index in [0.29, 0.717) is 5.56 Å². The number of esters is 1. The highest BCUT2D eigenvalue weighted by molar-refractivity contribution is 5.93. The summed E-state index contributed by atoms with van der Waals surface area (Å²) < 4.78 is 4.82. The van der Waals surface area contributed by atoms with E-state index in [1.54, 1.807) is 0 Å². The fraction of sp³-hybridized carbons (Fsp3) is 0.211. The SMILES string of the molecule is COC(=O)c1c(C)cc(/C=C/Cc2ccccc2)cc1C. The predicted octanol–water partition coefficient (Wildman–Crippen LogP) is 4.35. The van der Waals surface area contributed by atoms with Crippen LogP contribution in [0.25, 0.3) is 6.08 Å². The molecule has 21 heavy (non-hydrogen) atoms. The molecule has 2 nitrogen and oxygen atoms in total. The molecule has 0 unspecified atom stereocenters. The summed E-state index contributed by atoms with van der Waals surface area (Å²) in [5.41, 5.74) is 4.95. The number of allylic oxidation sites excluding steroid dienone is 1. The number of methoxy groups -OCH3 is 1. The van der Waals surface area contributed by atoms with Crippen LogP contribution >= 0.6 is 0 Å². The summed E-state index contributed by atoms with van der Waals surface area (Å²) in [6.07, 6.45) is 5.13. The second-order valence-corrected chi connectivity index (χ2v) is 5.11. The van der Waals surface area contributed by atoms with Gasteiger partial charge in [0.1, 0.15) is 0 Å². The third kappa shape index (κ3) is 3.82. The minimum Gasteiger partial charge on any atom is -0.465 e. The molecule has 0 heterocycles. The van der Waals surface area contributed by atoms with Crippen LogP contribution in [0.3, 0.4) is 0 Å². The lowest BCUT2D eigenvalue weighted by Gasteiger charge is -2.09. The maximum absolute atomic E-state index is 11.7. The minimum absolute atomic E-state index is 0.273. The molecule has 0 spiro atoms. The molecule has 2 heteroatoms. The van der Waals surface area contributed by atoms with E-state index in [1.807, 2.05) is 44.2 Å². The third-order valence-electron chi connectivity index (χ3n) is 3.45. The highest BCUT2D eigenvalue weighted by Crippen LogP contribution is 2.19. The first kappa shape index (κ1) is 15.0.